The third-order valence-corrected chi connectivity index (χ3v) is 5.80. The number of aromatic nitrogens is 1. The van der Waals surface area contributed by atoms with Crippen molar-refractivity contribution in [1.29, 1.82) is 0 Å². The molecule has 1 heterocycles. The second-order valence-corrected chi connectivity index (χ2v) is 7.86. The minimum absolute atomic E-state index is 0. The number of halogens is 1. The maximum atomic E-state index is 12.7. The van der Waals surface area contributed by atoms with Crippen LogP contribution in [0.5, 0.6) is 0 Å². The minimum Gasteiger partial charge on any atom is -0.356 e. The molecule has 0 spiro atoms. The number of nitrogens with two attached hydrogens (primary N) is 1. The van der Waals surface area contributed by atoms with Crippen LogP contribution in [0.15, 0.2) is 45.9 Å². The van der Waals surface area contributed by atoms with E-state index in [1.165, 1.54) is 12.6 Å². The highest BCUT2D eigenvalue weighted by molar-refractivity contribution is 7.89. The molecule has 6 nitrogen and oxygen atoms in total. The van der Waals surface area contributed by atoms with Crippen LogP contribution in [0, 0.1) is 0 Å². The number of nitrogens with zero attached hydrogens (tertiary/aromatic N) is 1. The summed E-state index contributed by atoms with van der Waals surface area (Å²) in [4.78, 5) is 0.177. The van der Waals surface area contributed by atoms with Crippen molar-refractivity contribution in [2.45, 2.75) is 42.5 Å². The average molecular weight is 372 g/mol. The van der Waals surface area contributed by atoms with E-state index in [-0.39, 0.29) is 23.8 Å². The average Bonchev–Trinajstić information content (AvgIpc) is 3.08. The molecular weight excluding hydrogens is 350 g/mol. The number of nitrogens with one attached hydrogen (secondary N) is 1. The van der Waals surface area contributed by atoms with Gasteiger partial charge in [0, 0.05) is 23.7 Å². The minimum atomic E-state index is -3.67. The molecule has 3 rings (SSSR count). The van der Waals surface area contributed by atoms with Crippen LogP contribution in [0.4, 0.5) is 0 Å². The maximum absolute atomic E-state index is 12.7. The fourth-order valence-electron chi connectivity index (χ4n) is 3.01. The first-order valence-electron chi connectivity index (χ1n) is 7.79. The molecule has 1 saturated carbocycles. The van der Waals surface area contributed by atoms with Crippen molar-refractivity contribution in [3.05, 3.63) is 36.5 Å². The van der Waals surface area contributed by atoms with Crippen molar-refractivity contribution >= 4 is 22.4 Å². The van der Waals surface area contributed by atoms with Gasteiger partial charge in [0.15, 0.2) is 5.76 Å². The predicted octanol–water partition coefficient (Wildman–Crippen LogP) is 2.70. The molecule has 24 heavy (non-hydrogen) atoms. The molecule has 8 heteroatoms. The van der Waals surface area contributed by atoms with Gasteiger partial charge >= 0.3 is 0 Å². The maximum Gasteiger partial charge on any atom is 0.241 e. The van der Waals surface area contributed by atoms with E-state index in [0.717, 1.165) is 25.7 Å². The van der Waals surface area contributed by atoms with Crippen LogP contribution in [-0.4, -0.2) is 25.7 Å². The molecule has 0 radical (unpaired) electrons. The third kappa shape index (κ3) is 4.16. The van der Waals surface area contributed by atoms with Crippen LogP contribution in [0.3, 0.4) is 0 Å². The highest BCUT2D eigenvalue weighted by Gasteiger charge is 2.30. The molecule has 0 aliphatic heterocycles. The summed E-state index contributed by atoms with van der Waals surface area (Å²) in [5.74, 6) is 0.422. The molecule has 0 amide bonds. The SMILES string of the molecule is Cl.NC1(CNS(=O)(=O)c2ccccc2-c2ccno2)CCCCC1. The first kappa shape index (κ1) is 18.9. The van der Waals surface area contributed by atoms with Gasteiger partial charge in [0.1, 0.15) is 0 Å². The van der Waals surface area contributed by atoms with E-state index in [1.807, 2.05) is 0 Å². The van der Waals surface area contributed by atoms with Gasteiger partial charge in [-0.3, -0.25) is 0 Å². The first-order valence-corrected chi connectivity index (χ1v) is 9.27. The zero-order valence-electron chi connectivity index (χ0n) is 13.3. The summed E-state index contributed by atoms with van der Waals surface area (Å²) in [5.41, 5.74) is 6.36. The lowest BCUT2D eigenvalue weighted by Gasteiger charge is -2.33. The van der Waals surface area contributed by atoms with Gasteiger partial charge in [-0.2, -0.15) is 0 Å². The van der Waals surface area contributed by atoms with E-state index in [2.05, 4.69) is 9.88 Å². The van der Waals surface area contributed by atoms with Crippen molar-refractivity contribution in [3.8, 4) is 11.3 Å². The predicted molar refractivity (Wildman–Crippen MR) is 94.4 cm³/mol. The number of hydrogen-bond acceptors (Lipinski definition) is 5. The van der Waals surface area contributed by atoms with E-state index in [9.17, 15) is 8.42 Å². The van der Waals surface area contributed by atoms with Crippen molar-refractivity contribution in [1.82, 2.24) is 9.88 Å². The van der Waals surface area contributed by atoms with Crippen LogP contribution >= 0.6 is 12.4 Å². The molecule has 1 aromatic heterocycles. The summed E-state index contributed by atoms with van der Waals surface area (Å²) in [6, 6.07) is 8.35. The van der Waals surface area contributed by atoms with E-state index in [0.29, 0.717) is 11.3 Å². The summed E-state index contributed by atoms with van der Waals surface area (Å²) >= 11 is 0. The summed E-state index contributed by atoms with van der Waals surface area (Å²) < 4.78 is 33.2. The monoisotopic (exact) mass is 371 g/mol. The molecule has 0 atom stereocenters. The van der Waals surface area contributed by atoms with Crippen LogP contribution in [0.25, 0.3) is 11.3 Å². The second-order valence-electron chi connectivity index (χ2n) is 6.12. The van der Waals surface area contributed by atoms with Gasteiger partial charge in [-0.15, -0.1) is 12.4 Å². The Hall–Kier alpha value is -1.41. The Morgan fingerprint density at radius 1 is 1.17 bits per heavy atom. The largest absolute Gasteiger partial charge is 0.356 e. The Morgan fingerprint density at radius 3 is 2.54 bits per heavy atom. The lowest BCUT2D eigenvalue weighted by Crippen LogP contribution is -2.51. The molecule has 2 aromatic rings. The Balaban J connectivity index is 0.00000208. The lowest BCUT2D eigenvalue weighted by atomic mass is 9.83. The Morgan fingerprint density at radius 2 is 1.88 bits per heavy atom. The quantitative estimate of drug-likeness (QED) is 0.841. The molecule has 132 valence electrons. The fraction of sp³-hybridized carbons (Fsp3) is 0.438. The number of hydrogen-bond donors (Lipinski definition) is 2. The molecule has 0 unspecified atom stereocenters. The van der Waals surface area contributed by atoms with Gasteiger partial charge in [-0.05, 0) is 25.0 Å². The molecule has 1 fully saturated rings. The summed E-state index contributed by atoms with van der Waals surface area (Å²) in [5, 5.41) is 3.64. The summed E-state index contributed by atoms with van der Waals surface area (Å²) in [6.45, 7) is 0.250. The van der Waals surface area contributed by atoms with Crippen LogP contribution < -0.4 is 10.5 Å². The van der Waals surface area contributed by atoms with Crippen molar-refractivity contribution < 1.29 is 12.9 Å². The Bertz CT molecular complexity index is 757. The molecular formula is C16H22ClN3O3S. The van der Waals surface area contributed by atoms with Gasteiger partial charge in [0.2, 0.25) is 10.0 Å². The van der Waals surface area contributed by atoms with Crippen molar-refractivity contribution in [2.75, 3.05) is 6.54 Å². The third-order valence-electron chi connectivity index (χ3n) is 4.34. The lowest BCUT2D eigenvalue weighted by molar-refractivity contribution is 0.296. The second kappa shape index (κ2) is 7.65. The van der Waals surface area contributed by atoms with Gasteiger partial charge in [0.05, 0.1) is 11.1 Å². The first-order chi connectivity index (χ1) is 11.0. The van der Waals surface area contributed by atoms with Gasteiger partial charge in [0.25, 0.3) is 0 Å². The Kier molecular flexibility index (Phi) is 6.03. The van der Waals surface area contributed by atoms with Crippen LogP contribution in [0.1, 0.15) is 32.1 Å². The standard InChI is InChI=1S/C16H21N3O3S.ClH/c17-16(9-4-1-5-10-16)12-19-23(20,21)15-7-3-2-6-13(15)14-8-11-18-22-14;/h2-3,6-8,11,19H,1,4-5,9-10,12,17H2;1H. The number of sulfonamides is 1. The Labute approximate surface area is 148 Å². The summed E-state index contributed by atoms with van der Waals surface area (Å²) in [6.07, 6.45) is 6.45. The fourth-order valence-corrected chi connectivity index (χ4v) is 4.36. The zero-order valence-corrected chi connectivity index (χ0v) is 14.9. The highest BCUT2D eigenvalue weighted by atomic mass is 35.5. The van der Waals surface area contributed by atoms with Crippen molar-refractivity contribution in [3.63, 3.8) is 0 Å². The number of rotatable bonds is 5. The zero-order chi connectivity index (χ0) is 16.3. The van der Waals surface area contributed by atoms with Crippen LogP contribution in [0.2, 0.25) is 0 Å². The molecule has 1 aromatic carbocycles. The van der Waals surface area contributed by atoms with E-state index in [1.54, 1.807) is 30.3 Å². The van der Waals surface area contributed by atoms with Crippen LogP contribution in [-0.2, 0) is 10.0 Å². The topological polar surface area (TPSA) is 98.2 Å². The summed E-state index contributed by atoms with van der Waals surface area (Å²) in [7, 11) is -3.67. The molecule has 1 aliphatic carbocycles. The van der Waals surface area contributed by atoms with E-state index in [4.69, 9.17) is 10.3 Å². The number of benzene rings is 1. The molecule has 0 saturated heterocycles. The van der Waals surface area contributed by atoms with Gasteiger partial charge in [-0.1, -0.05) is 36.6 Å². The molecule has 0 bridgehead atoms. The smallest absolute Gasteiger partial charge is 0.241 e. The van der Waals surface area contributed by atoms with Gasteiger partial charge in [-0.25, -0.2) is 13.1 Å². The van der Waals surface area contributed by atoms with E-state index < -0.39 is 15.6 Å². The highest BCUT2D eigenvalue weighted by Crippen LogP contribution is 2.28. The molecule has 3 N–H and O–H groups in total. The van der Waals surface area contributed by atoms with Crippen molar-refractivity contribution in [2.24, 2.45) is 5.73 Å². The van der Waals surface area contributed by atoms with Gasteiger partial charge < -0.3 is 10.3 Å². The molecule has 1 aliphatic rings. The normalized spacial score (nSPS) is 17.2. The van der Waals surface area contributed by atoms with E-state index >= 15 is 0 Å².